The SMILES string of the molecule is CC1CCN(C/C=C\C=C/CNC(=O)c2ncc(C#N)[nH]2)CC1. The lowest BCUT2D eigenvalue weighted by Crippen LogP contribution is -2.32. The van der Waals surface area contributed by atoms with Gasteiger partial charge in [0, 0.05) is 13.1 Å². The molecule has 1 fully saturated rings. The van der Waals surface area contributed by atoms with Crippen LogP contribution in [0.15, 0.2) is 30.5 Å². The van der Waals surface area contributed by atoms with E-state index in [4.69, 9.17) is 5.26 Å². The van der Waals surface area contributed by atoms with E-state index >= 15 is 0 Å². The van der Waals surface area contributed by atoms with E-state index in [-0.39, 0.29) is 17.4 Å². The van der Waals surface area contributed by atoms with Crippen molar-refractivity contribution in [1.82, 2.24) is 20.2 Å². The van der Waals surface area contributed by atoms with Crippen molar-refractivity contribution in [3.8, 4) is 6.07 Å². The summed E-state index contributed by atoms with van der Waals surface area (Å²) in [6, 6.07) is 1.90. The van der Waals surface area contributed by atoms with Crippen LogP contribution in [0.1, 0.15) is 36.1 Å². The molecular formula is C17H23N5O. The number of hydrogen-bond acceptors (Lipinski definition) is 4. The molecule has 1 saturated heterocycles. The van der Waals surface area contributed by atoms with Crippen LogP contribution in [0.25, 0.3) is 0 Å². The number of aromatic amines is 1. The minimum atomic E-state index is -0.317. The third-order valence-electron chi connectivity index (χ3n) is 3.91. The molecule has 0 aromatic carbocycles. The first kappa shape index (κ1) is 17.0. The van der Waals surface area contributed by atoms with Gasteiger partial charge in [0.15, 0.2) is 5.82 Å². The van der Waals surface area contributed by atoms with E-state index in [0.717, 1.165) is 12.5 Å². The van der Waals surface area contributed by atoms with Crippen LogP contribution in [0.2, 0.25) is 0 Å². The molecule has 6 nitrogen and oxygen atoms in total. The second-order valence-electron chi connectivity index (χ2n) is 5.81. The average Bonchev–Trinajstić information content (AvgIpc) is 3.04. The van der Waals surface area contributed by atoms with E-state index < -0.39 is 0 Å². The molecule has 1 amide bonds. The molecule has 1 aromatic rings. The van der Waals surface area contributed by atoms with Crippen LogP contribution in [0.4, 0.5) is 0 Å². The summed E-state index contributed by atoms with van der Waals surface area (Å²) in [7, 11) is 0. The Morgan fingerprint density at radius 3 is 2.91 bits per heavy atom. The van der Waals surface area contributed by atoms with Gasteiger partial charge in [-0.3, -0.25) is 9.69 Å². The Morgan fingerprint density at radius 2 is 2.22 bits per heavy atom. The standard InChI is InChI=1S/C17H23N5O/c1-14-6-10-22(11-7-14)9-5-3-2-4-8-19-17(23)16-20-13-15(12-18)21-16/h2-5,13-14H,6-11H2,1H3,(H,19,23)(H,20,21)/b4-2-,5-3-. The Labute approximate surface area is 136 Å². The summed E-state index contributed by atoms with van der Waals surface area (Å²) in [5.41, 5.74) is 0.278. The number of hydrogen-bond donors (Lipinski definition) is 2. The highest BCUT2D eigenvalue weighted by molar-refractivity contribution is 5.90. The van der Waals surface area contributed by atoms with Crippen LogP contribution in [-0.2, 0) is 0 Å². The average molecular weight is 313 g/mol. The van der Waals surface area contributed by atoms with Gasteiger partial charge >= 0.3 is 0 Å². The lowest BCUT2D eigenvalue weighted by Gasteiger charge is -2.28. The first-order valence-corrected chi connectivity index (χ1v) is 7.96. The zero-order valence-corrected chi connectivity index (χ0v) is 13.5. The second-order valence-corrected chi connectivity index (χ2v) is 5.81. The molecule has 1 aromatic heterocycles. The number of imidazole rings is 1. The van der Waals surface area contributed by atoms with Crippen molar-refractivity contribution >= 4 is 5.91 Å². The molecule has 0 unspecified atom stereocenters. The number of rotatable bonds is 6. The predicted molar refractivity (Wildman–Crippen MR) is 88.8 cm³/mol. The zero-order valence-electron chi connectivity index (χ0n) is 13.5. The molecule has 6 heteroatoms. The lowest BCUT2D eigenvalue weighted by molar-refractivity contribution is 0.0948. The Morgan fingerprint density at radius 1 is 1.48 bits per heavy atom. The van der Waals surface area contributed by atoms with Gasteiger partial charge in [0.2, 0.25) is 0 Å². The molecule has 2 N–H and O–H groups in total. The van der Waals surface area contributed by atoms with Gasteiger partial charge in [-0.2, -0.15) is 5.26 Å². The Balaban J connectivity index is 1.62. The number of carbonyl (C=O) groups is 1. The van der Waals surface area contributed by atoms with Crippen LogP contribution in [-0.4, -0.2) is 47.0 Å². The van der Waals surface area contributed by atoms with Gasteiger partial charge in [-0.15, -0.1) is 0 Å². The van der Waals surface area contributed by atoms with Gasteiger partial charge in [0.1, 0.15) is 11.8 Å². The molecule has 23 heavy (non-hydrogen) atoms. The Kier molecular flexibility index (Phi) is 6.57. The first-order chi connectivity index (χ1) is 11.2. The highest BCUT2D eigenvalue weighted by atomic mass is 16.2. The fourth-order valence-corrected chi connectivity index (χ4v) is 2.41. The summed E-state index contributed by atoms with van der Waals surface area (Å²) < 4.78 is 0. The van der Waals surface area contributed by atoms with Crippen molar-refractivity contribution in [2.24, 2.45) is 5.92 Å². The second kappa shape index (κ2) is 8.91. The summed E-state index contributed by atoms with van der Waals surface area (Å²) in [5.74, 6) is 0.699. The number of H-pyrrole nitrogens is 1. The molecule has 2 heterocycles. The van der Waals surface area contributed by atoms with Gasteiger partial charge in [0.25, 0.3) is 5.91 Å². The number of allylic oxidation sites excluding steroid dienone is 2. The maximum atomic E-state index is 11.7. The molecule has 122 valence electrons. The van der Waals surface area contributed by atoms with Crippen LogP contribution in [0.5, 0.6) is 0 Å². The summed E-state index contributed by atoms with van der Waals surface area (Å²) >= 11 is 0. The van der Waals surface area contributed by atoms with Crippen molar-refractivity contribution in [2.45, 2.75) is 19.8 Å². The van der Waals surface area contributed by atoms with Crippen molar-refractivity contribution in [3.05, 3.63) is 42.0 Å². The molecule has 0 radical (unpaired) electrons. The van der Waals surface area contributed by atoms with Gasteiger partial charge in [-0.1, -0.05) is 31.2 Å². The Bertz CT molecular complexity index is 603. The molecule has 1 aliphatic rings. The largest absolute Gasteiger partial charge is 0.346 e. The van der Waals surface area contributed by atoms with E-state index in [1.165, 1.54) is 32.1 Å². The number of nitrogens with zero attached hydrogens (tertiary/aromatic N) is 3. The van der Waals surface area contributed by atoms with E-state index in [1.54, 1.807) is 0 Å². The molecular weight excluding hydrogens is 290 g/mol. The van der Waals surface area contributed by atoms with Crippen molar-refractivity contribution in [3.63, 3.8) is 0 Å². The first-order valence-electron chi connectivity index (χ1n) is 7.96. The molecule has 0 atom stereocenters. The van der Waals surface area contributed by atoms with Crippen LogP contribution in [0.3, 0.4) is 0 Å². The third kappa shape index (κ3) is 5.72. The summed E-state index contributed by atoms with van der Waals surface area (Å²) in [5, 5.41) is 11.4. The maximum absolute atomic E-state index is 11.7. The highest BCUT2D eigenvalue weighted by Gasteiger charge is 2.13. The van der Waals surface area contributed by atoms with E-state index in [2.05, 4.69) is 33.2 Å². The van der Waals surface area contributed by atoms with Crippen molar-refractivity contribution < 1.29 is 4.79 Å². The maximum Gasteiger partial charge on any atom is 0.287 e. The summed E-state index contributed by atoms with van der Waals surface area (Å²) in [6.07, 6.45) is 11.9. The monoisotopic (exact) mass is 313 g/mol. The molecule has 0 bridgehead atoms. The van der Waals surface area contributed by atoms with E-state index in [1.807, 2.05) is 24.3 Å². The third-order valence-corrected chi connectivity index (χ3v) is 3.91. The van der Waals surface area contributed by atoms with E-state index in [9.17, 15) is 4.79 Å². The number of nitrogens with one attached hydrogen (secondary N) is 2. The smallest absolute Gasteiger partial charge is 0.287 e. The molecule has 0 spiro atoms. The minimum absolute atomic E-state index is 0.157. The lowest BCUT2D eigenvalue weighted by atomic mass is 9.99. The normalized spacial score (nSPS) is 16.9. The van der Waals surface area contributed by atoms with Gasteiger partial charge < -0.3 is 10.3 Å². The van der Waals surface area contributed by atoms with Crippen LogP contribution >= 0.6 is 0 Å². The number of piperidine rings is 1. The number of aromatic nitrogens is 2. The number of likely N-dealkylation sites (tertiary alicyclic amines) is 1. The number of amides is 1. The molecule has 0 aliphatic carbocycles. The van der Waals surface area contributed by atoms with Gasteiger partial charge in [-0.05, 0) is 31.8 Å². The number of nitriles is 1. The molecule has 2 rings (SSSR count). The van der Waals surface area contributed by atoms with Crippen LogP contribution in [0, 0.1) is 17.2 Å². The topological polar surface area (TPSA) is 84.8 Å². The summed E-state index contributed by atoms with van der Waals surface area (Å²) in [6.45, 7) is 6.08. The highest BCUT2D eigenvalue weighted by Crippen LogP contribution is 2.15. The molecule has 1 aliphatic heterocycles. The van der Waals surface area contributed by atoms with Gasteiger partial charge in [-0.25, -0.2) is 4.98 Å². The van der Waals surface area contributed by atoms with Crippen LogP contribution < -0.4 is 5.32 Å². The molecule has 0 saturated carbocycles. The fourth-order valence-electron chi connectivity index (χ4n) is 2.41. The van der Waals surface area contributed by atoms with Crippen molar-refractivity contribution in [1.29, 1.82) is 5.26 Å². The zero-order chi connectivity index (χ0) is 16.5. The fraction of sp³-hybridized carbons (Fsp3) is 0.471. The quantitative estimate of drug-likeness (QED) is 0.785. The van der Waals surface area contributed by atoms with E-state index in [0.29, 0.717) is 6.54 Å². The summed E-state index contributed by atoms with van der Waals surface area (Å²) in [4.78, 5) is 20.7. The minimum Gasteiger partial charge on any atom is -0.346 e. The predicted octanol–water partition coefficient (Wildman–Crippen LogP) is 1.86. The van der Waals surface area contributed by atoms with Crippen molar-refractivity contribution in [2.75, 3.05) is 26.2 Å². The Hall–Kier alpha value is -2.39. The van der Waals surface area contributed by atoms with Gasteiger partial charge in [0.05, 0.1) is 6.20 Å². The number of carbonyl (C=O) groups excluding carboxylic acids is 1.